The molecule has 120 valence electrons. The normalized spacial score (nSPS) is 15.0. The summed E-state index contributed by atoms with van der Waals surface area (Å²) in [5, 5.41) is 2.72. The Kier molecular flexibility index (Phi) is 4.90. The summed E-state index contributed by atoms with van der Waals surface area (Å²) in [5.74, 6) is 0. The van der Waals surface area contributed by atoms with Crippen molar-refractivity contribution in [2.45, 2.75) is 39.0 Å². The Hall–Kier alpha value is -2.24. The molecule has 6 heteroatoms. The number of hydrogen-bond acceptors (Lipinski definition) is 4. The molecule has 1 N–H and O–H groups in total. The molecule has 1 aromatic carbocycles. The number of nitrogens with zero attached hydrogens (tertiary/aromatic N) is 1. The van der Waals surface area contributed by atoms with Crippen LogP contribution in [0.15, 0.2) is 30.3 Å². The topological polar surface area (TPSA) is 67.9 Å². The summed E-state index contributed by atoms with van der Waals surface area (Å²) in [5.41, 5.74) is 0.422. The average molecular weight is 306 g/mol. The third-order valence-electron chi connectivity index (χ3n) is 3.07. The van der Waals surface area contributed by atoms with Crippen LogP contribution in [-0.4, -0.2) is 41.8 Å². The molecule has 6 nitrogen and oxygen atoms in total. The number of carbonyl (C=O) groups excluding carboxylic acids is 2. The van der Waals surface area contributed by atoms with Crippen LogP contribution in [0.5, 0.6) is 0 Å². The summed E-state index contributed by atoms with van der Waals surface area (Å²) in [6, 6.07) is 9.38. The highest BCUT2D eigenvalue weighted by atomic mass is 16.6. The van der Waals surface area contributed by atoms with Crippen molar-refractivity contribution >= 4 is 12.2 Å². The number of carbonyl (C=O) groups is 2. The van der Waals surface area contributed by atoms with E-state index in [2.05, 4.69) is 5.32 Å². The minimum atomic E-state index is -0.510. The maximum absolute atomic E-state index is 11.7. The van der Waals surface area contributed by atoms with Gasteiger partial charge < -0.3 is 19.7 Å². The van der Waals surface area contributed by atoms with Gasteiger partial charge in [0.2, 0.25) is 0 Å². The van der Waals surface area contributed by atoms with E-state index in [1.54, 1.807) is 4.90 Å². The lowest BCUT2D eigenvalue weighted by Crippen LogP contribution is -2.61. The maximum Gasteiger partial charge on any atom is 0.410 e. The van der Waals surface area contributed by atoms with Crippen molar-refractivity contribution in [3.63, 3.8) is 0 Å². The van der Waals surface area contributed by atoms with E-state index in [4.69, 9.17) is 9.47 Å². The second-order valence-electron chi connectivity index (χ2n) is 6.29. The van der Waals surface area contributed by atoms with Crippen molar-refractivity contribution in [3.05, 3.63) is 35.9 Å². The molecule has 0 aliphatic carbocycles. The SMILES string of the molecule is CC(C)(C)OC(=O)N1CC(NC(=O)OCc2ccccc2)C1. The first-order chi connectivity index (χ1) is 10.3. The Labute approximate surface area is 130 Å². The van der Waals surface area contributed by atoms with E-state index in [-0.39, 0.29) is 18.7 Å². The average Bonchev–Trinajstić information content (AvgIpc) is 2.39. The predicted molar refractivity (Wildman–Crippen MR) is 81.4 cm³/mol. The van der Waals surface area contributed by atoms with Crippen molar-refractivity contribution in [2.24, 2.45) is 0 Å². The molecule has 0 aromatic heterocycles. The largest absolute Gasteiger partial charge is 0.445 e. The van der Waals surface area contributed by atoms with Crippen molar-refractivity contribution in [1.82, 2.24) is 10.2 Å². The van der Waals surface area contributed by atoms with Gasteiger partial charge in [-0.15, -0.1) is 0 Å². The van der Waals surface area contributed by atoms with Crippen molar-refractivity contribution in [1.29, 1.82) is 0 Å². The number of likely N-dealkylation sites (tertiary alicyclic amines) is 1. The quantitative estimate of drug-likeness (QED) is 0.932. The molecule has 0 radical (unpaired) electrons. The second-order valence-corrected chi connectivity index (χ2v) is 6.29. The van der Waals surface area contributed by atoms with Crippen LogP contribution >= 0.6 is 0 Å². The predicted octanol–water partition coefficient (Wildman–Crippen LogP) is 2.53. The van der Waals surface area contributed by atoms with Crippen LogP contribution in [0.1, 0.15) is 26.3 Å². The van der Waals surface area contributed by atoms with Gasteiger partial charge in [0.1, 0.15) is 12.2 Å². The summed E-state index contributed by atoms with van der Waals surface area (Å²) in [4.78, 5) is 24.9. The van der Waals surface area contributed by atoms with E-state index in [0.717, 1.165) is 5.56 Å². The zero-order valence-corrected chi connectivity index (χ0v) is 13.2. The Bertz CT molecular complexity index is 519. The van der Waals surface area contributed by atoms with Gasteiger partial charge in [0.25, 0.3) is 0 Å². The van der Waals surface area contributed by atoms with Crippen LogP contribution in [0.4, 0.5) is 9.59 Å². The van der Waals surface area contributed by atoms with Gasteiger partial charge in [-0.1, -0.05) is 30.3 Å². The first kappa shape index (κ1) is 16.1. The van der Waals surface area contributed by atoms with E-state index < -0.39 is 11.7 Å². The molecule has 2 amide bonds. The third-order valence-corrected chi connectivity index (χ3v) is 3.07. The molecule has 1 saturated heterocycles. The maximum atomic E-state index is 11.7. The lowest BCUT2D eigenvalue weighted by molar-refractivity contribution is 0.00479. The van der Waals surface area contributed by atoms with Gasteiger partial charge in [-0.25, -0.2) is 9.59 Å². The summed E-state index contributed by atoms with van der Waals surface area (Å²) in [6.07, 6.45) is -0.833. The second kappa shape index (κ2) is 6.68. The molecule has 0 unspecified atom stereocenters. The van der Waals surface area contributed by atoms with Crippen LogP contribution in [0, 0.1) is 0 Å². The number of ether oxygens (including phenoxy) is 2. The highest BCUT2D eigenvalue weighted by Gasteiger charge is 2.34. The monoisotopic (exact) mass is 306 g/mol. The van der Waals surface area contributed by atoms with Gasteiger partial charge >= 0.3 is 12.2 Å². The van der Waals surface area contributed by atoms with Crippen LogP contribution in [0.3, 0.4) is 0 Å². The van der Waals surface area contributed by atoms with Gasteiger partial charge in [-0.3, -0.25) is 0 Å². The highest BCUT2D eigenvalue weighted by Crippen LogP contribution is 2.15. The minimum Gasteiger partial charge on any atom is -0.445 e. The molecule has 1 fully saturated rings. The Balaban J connectivity index is 1.65. The summed E-state index contributed by atoms with van der Waals surface area (Å²) >= 11 is 0. The summed E-state index contributed by atoms with van der Waals surface area (Å²) in [7, 11) is 0. The van der Waals surface area contributed by atoms with E-state index in [0.29, 0.717) is 13.1 Å². The van der Waals surface area contributed by atoms with Crippen LogP contribution in [0.2, 0.25) is 0 Å². The molecule has 1 aromatic rings. The number of amides is 2. The molecule has 1 heterocycles. The summed E-state index contributed by atoms with van der Waals surface area (Å²) < 4.78 is 10.4. The highest BCUT2D eigenvalue weighted by molar-refractivity contribution is 5.71. The molecule has 22 heavy (non-hydrogen) atoms. The molecular formula is C16H22N2O4. The molecule has 0 spiro atoms. The smallest absolute Gasteiger partial charge is 0.410 e. The lowest BCUT2D eigenvalue weighted by Gasteiger charge is -2.39. The van der Waals surface area contributed by atoms with Gasteiger partial charge in [-0.2, -0.15) is 0 Å². The van der Waals surface area contributed by atoms with Gasteiger partial charge in [0, 0.05) is 13.1 Å². The number of alkyl carbamates (subject to hydrolysis) is 1. The fourth-order valence-electron chi connectivity index (χ4n) is 1.98. The molecule has 0 bridgehead atoms. The first-order valence-corrected chi connectivity index (χ1v) is 7.28. The van der Waals surface area contributed by atoms with E-state index in [1.165, 1.54) is 0 Å². The Morgan fingerprint density at radius 1 is 1.23 bits per heavy atom. The summed E-state index contributed by atoms with van der Waals surface area (Å²) in [6.45, 7) is 6.57. The van der Waals surface area contributed by atoms with E-state index in [1.807, 2.05) is 51.1 Å². The van der Waals surface area contributed by atoms with E-state index >= 15 is 0 Å². The number of nitrogens with one attached hydrogen (secondary N) is 1. The lowest BCUT2D eigenvalue weighted by atomic mass is 10.1. The zero-order valence-electron chi connectivity index (χ0n) is 13.2. The van der Waals surface area contributed by atoms with Gasteiger partial charge in [0.15, 0.2) is 0 Å². The molecule has 0 atom stereocenters. The van der Waals surface area contributed by atoms with Crippen LogP contribution in [-0.2, 0) is 16.1 Å². The van der Waals surface area contributed by atoms with Gasteiger partial charge in [-0.05, 0) is 26.3 Å². The molecule has 0 saturated carbocycles. The van der Waals surface area contributed by atoms with Crippen LogP contribution in [0.25, 0.3) is 0 Å². The molecule has 2 rings (SSSR count). The van der Waals surface area contributed by atoms with Gasteiger partial charge in [0.05, 0.1) is 6.04 Å². The Morgan fingerprint density at radius 3 is 2.45 bits per heavy atom. The van der Waals surface area contributed by atoms with E-state index in [9.17, 15) is 9.59 Å². The number of rotatable bonds is 3. The molecular weight excluding hydrogens is 284 g/mol. The zero-order chi connectivity index (χ0) is 16.2. The minimum absolute atomic E-state index is 0.0872. The fraction of sp³-hybridized carbons (Fsp3) is 0.500. The number of benzene rings is 1. The first-order valence-electron chi connectivity index (χ1n) is 7.28. The standard InChI is InChI=1S/C16H22N2O4/c1-16(2,3)22-15(20)18-9-13(10-18)17-14(19)21-11-12-7-5-4-6-8-12/h4-8,13H,9-11H2,1-3H3,(H,17,19). The van der Waals surface area contributed by atoms with Crippen molar-refractivity contribution in [2.75, 3.05) is 13.1 Å². The van der Waals surface area contributed by atoms with Crippen molar-refractivity contribution < 1.29 is 19.1 Å². The number of hydrogen-bond donors (Lipinski definition) is 1. The fourth-order valence-corrected chi connectivity index (χ4v) is 1.98. The molecule has 1 aliphatic rings. The van der Waals surface area contributed by atoms with Crippen LogP contribution < -0.4 is 5.32 Å². The molecule has 1 aliphatic heterocycles. The Morgan fingerprint density at radius 2 is 1.86 bits per heavy atom. The van der Waals surface area contributed by atoms with Crippen molar-refractivity contribution in [3.8, 4) is 0 Å². The third kappa shape index (κ3) is 4.95.